The largest absolute Gasteiger partial charge is 0.363 e. The van der Waals surface area contributed by atoms with E-state index >= 15 is 0 Å². The van der Waals surface area contributed by atoms with Crippen molar-refractivity contribution in [3.05, 3.63) is 29.7 Å². The Morgan fingerprint density at radius 1 is 0.900 bits per heavy atom. The van der Waals surface area contributed by atoms with E-state index < -0.39 is 0 Å². The zero-order chi connectivity index (χ0) is 20.7. The monoisotopic (exact) mass is 408 g/mol. The summed E-state index contributed by atoms with van der Waals surface area (Å²) in [6, 6.07) is 5.56. The molecule has 0 N–H and O–H groups in total. The Morgan fingerprint density at radius 2 is 1.63 bits per heavy atom. The van der Waals surface area contributed by atoms with E-state index in [1.54, 1.807) is 6.33 Å². The van der Waals surface area contributed by atoms with Crippen LogP contribution in [0.15, 0.2) is 18.5 Å². The molecular weight excluding hydrogens is 376 g/mol. The van der Waals surface area contributed by atoms with Crippen LogP contribution in [0.4, 0.5) is 17.5 Å². The Kier molecular flexibility index (Phi) is 5.18. The fourth-order valence-corrected chi connectivity index (χ4v) is 4.73. The number of rotatable bonds is 5. The molecule has 2 fully saturated rings. The summed E-state index contributed by atoms with van der Waals surface area (Å²) in [7, 11) is 6.24. The lowest BCUT2D eigenvalue weighted by Crippen LogP contribution is -2.47. The van der Waals surface area contributed by atoms with Gasteiger partial charge in [0.1, 0.15) is 18.0 Å². The molecule has 2 aliphatic heterocycles. The van der Waals surface area contributed by atoms with Gasteiger partial charge in [-0.15, -0.1) is 5.10 Å². The molecule has 160 valence electrons. The number of aromatic nitrogens is 4. The third-order valence-electron chi connectivity index (χ3n) is 6.60. The maximum absolute atomic E-state index is 4.64. The minimum atomic E-state index is 0.524. The number of anilines is 3. The number of hydrogen-bond donors (Lipinski definition) is 0. The van der Waals surface area contributed by atoms with Gasteiger partial charge in [-0.3, -0.25) is 0 Å². The second-order valence-corrected chi connectivity index (χ2v) is 9.15. The Balaban J connectivity index is 1.29. The van der Waals surface area contributed by atoms with Crippen LogP contribution in [0.5, 0.6) is 0 Å². The minimum Gasteiger partial charge on any atom is -0.363 e. The van der Waals surface area contributed by atoms with Gasteiger partial charge in [-0.2, -0.15) is 5.10 Å². The topological polar surface area (TPSA) is 64.5 Å². The van der Waals surface area contributed by atoms with E-state index in [1.165, 1.54) is 24.1 Å². The van der Waals surface area contributed by atoms with Gasteiger partial charge < -0.3 is 19.6 Å². The van der Waals surface area contributed by atoms with Gasteiger partial charge in [0.15, 0.2) is 5.82 Å². The molecule has 1 saturated carbocycles. The SMILES string of the molecule is CN1CCc2nnc(N3CCC(N(c4cc(N(C)C)ncn4)C4CC4)CC3)cc2C1. The summed E-state index contributed by atoms with van der Waals surface area (Å²) in [6.07, 6.45) is 7.49. The lowest BCUT2D eigenvalue weighted by molar-refractivity contribution is 0.308. The highest BCUT2D eigenvalue weighted by Gasteiger charge is 2.37. The summed E-state index contributed by atoms with van der Waals surface area (Å²) >= 11 is 0. The molecule has 0 atom stereocenters. The van der Waals surface area contributed by atoms with Crippen LogP contribution in [0, 0.1) is 0 Å². The minimum absolute atomic E-state index is 0.524. The van der Waals surface area contributed by atoms with Crippen molar-refractivity contribution in [2.45, 2.75) is 50.7 Å². The lowest BCUT2D eigenvalue weighted by Gasteiger charge is -2.40. The first-order valence-electron chi connectivity index (χ1n) is 11.1. The van der Waals surface area contributed by atoms with E-state index in [2.05, 4.69) is 54.0 Å². The molecule has 0 radical (unpaired) electrons. The number of nitrogens with zero attached hydrogens (tertiary/aromatic N) is 8. The highest BCUT2D eigenvalue weighted by molar-refractivity contribution is 5.52. The highest BCUT2D eigenvalue weighted by atomic mass is 15.3. The standard InChI is InChI=1S/C22H32N8/c1-27(2)20-13-21(24-15-23-20)30(17-4-5-17)18-6-10-29(11-7-18)22-12-16-14-28(3)9-8-19(16)25-26-22/h12-13,15,17-18H,4-11,14H2,1-3H3. The summed E-state index contributed by atoms with van der Waals surface area (Å²) in [5, 5.41) is 9.11. The molecule has 2 aromatic rings. The predicted octanol–water partition coefficient (Wildman–Crippen LogP) is 1.96. The average Bonchev–Trinajstić information content (AvgIpc) is 3.59. The molecule has 30 heavy (non-hydrogen) atoms. The van der Waals surface area contributed by atoms with E-state index in [9.17, 15) is 0 Å². The van der Waals surface area contributed by atoms with E-state index in [1.807, 2.05) is 19.0 Å². The molecule has 0 amide bonds. The fraction of sp³-hybridized carbons (Fsp3) is 0.636. The number of piperidine rings is 1. The number of likely N-dealkylation sites (N-methyl/N-ethyl adjacent to an activating group) is 1. The maximum atomic E-state index is 4.64. The summed E-state index contributed by atoms with van der Waals surface area (Å²) < 4.78 is 0. The van der Waals surface area contributed by atoms with E-state index in [4.69, 9.17) is 0 Å². The molecule has 0 spiro atoms. The Bertz CT molecular complexity index is 888. The van der Waals surface area contributed by atoms with Crippen molar-refractivity contribution in [3.63, 3.8) is 0 Å². The van der Waals surface area contributed by atoms with Crippen LogP contribution in [0.1, 0.15) is 36.9 Å². The van der Waals surface area contributed by atoms with E-state index in [-0.39, 0.29) is 0 Å². The Labute approximate surface area is 178 Å². The number of hydrogen-bond acceptors (Lipinski definition) is 8. The molecule has 8 heteroatoms. The summed E-state index contributed by atoms with van der Waals surface area (Å²) in [6.45, 7) is 4.08. The van der Waals surface area contributed by atoms with Crippen LogP contribution in [0.3, 0.4) is 0 Å². The van der Waals surface area contributed by atoms with Gasteiger partial charge in [0.2, 0.25) is 0 Å². The molecule has 1 saturated heterocycles. The third-order valence-corrected chi connectivity index (χ3v) is 6.60. The molecule has 2 aromatic heterocycles. The quantitative estimate of drug-likeness (QED) is 0.744. The van der Waals surface area contributed by atoms with Crippen LogP contribution < -0.4 is 14.7 Å². The van der Waals surface area contributed by atoms with Crippen molar-refractivity contribution in [3.8, 4) is 0 Å². The highest BCUT2D eigenvalue weighted by Crippen LogP contribution is 2.36. The second kappa shape index (κ2) is 7.98. The summed E-state index contributed by atoms with van der Waals surface area (Å²) in [4.78, 5) is 18.4. The van der Waals surface area contributed by atoms with Crippen LogP contribution in [0.25, 0.3) is 0 Å². The van der Waals surface area contributed by atoms with Crippen LogP contribution >= 0.6 is 0 Å². The van der Waals surface area contributed by atoms with Gasteiger partial charge in [0.05, 0.1) is 5.69 Å². The Hall–Kier alpha value is -2.48. The van der Waals surface area contributed by atoms with Crippen LogP contribution in [0.2, 0.25) is 0 Å². The maximum Gasteiger partial charge on any atom is 0.151 e. The van der Waals surface area contributed by atoms with Crippen molar-refractivity contribution in [1.29, 1.82) is 0 Å². The smallest absolute Gasteiger partial charge is 0.151 e. The van der Waals surface area contributed by atoms with Crippen molar-refractivity contribution in [1.82, 2.24) is 25.1 Å². The molecule has 8 nitrogen and oxygen atoms in total. The van der Waals surface area contributed by atoms with Crippen molar-refractivity contribution >= 4 is 17.5 Å². The van der Waals surface area contributed by atoms with E-state index in [0.29, 0.717) is 12.1 Å². The number of fused-ring (bicyclic) bond motifs is 1. The lowest BCUT2D eigenvalue weighted by atomic mass is 10.0. The first kappa shape index (κ1) is 19.5. The summed E-state index contributed by atoms with van der Waals surface area (Å²) in [5.41, 5.74) is 2.51. The van der Waals surface area contributed by atoms with Crippen LogP contribution in [-0.4, -0.2) is 77.9 Å². The van der Waals surface area contributed by atoms with Gasteiger partial charge in [-0.25, -0.2) is 9.97 Å². The van der Waals surface area contributed by atoms with E-state index in [0.717, 1.165) is 62.9 Å². The molecule has 5 rings (SSSR count). The van der Waals surface area contributed by atoms with Gasteiger partial charge in [0, 0.05) is 64.8 Å². The van der Waals surface area contributed by atoms with Crippen molar-refractivity contribution in [2.75, 3.05) is 55.5 Å². The van der Waals surface area contributed by atoms with Gasteiger partial charge in [-0.1, -0.05) is 0 Å². The molecule has 0 aromatic carbocycles. The molecule has 0 bridgehead atoms. The fourth-order valence-electron chi connectivity index (χ4n) is 4.73. The second-order valence-electron chi connectivity index (χ2n) is 9.15. The van der Waals surface area contributed by atoms with Crippen molar-refractivity contribution < 1.29 is 0 Å². The molecule has 4 heterocycles. The third kappa shape index (κ3) is 3.93. The first-order valence-corrected chi connectivity index (χ1v) is 11.1. The summed E-state index contributed by atoms with van der Waals surface area (Å²) in [5.74, 6) is 3.08. The van der Waals surface area contributed by atoms with Crippen molar-refractivity contribution in [2.24, 2.45) is 0 Å². The average molecular weight is 409 g/mol. The van der Waals surface area contributed by atoms with Gasteiger partial charge >= 0.3 is 0 Å². The molecule has 3 aliphatic rings. The van der Waals surface area contributed by atoms with Gasteiger partial charge in [-0.05, 0) is 44.4 Å². The molecular formula is C22H32N8. The Morgan fingerprint density at radius 3 is 2.37 bits per heavy atom. The zero-order valence-electron chi connectivity index (χ0n) is 18.3. The van der Waals surface area contributed by atoms with Gasteiger partial charge in [0.25, 0.3) is 0 Å². The normalized spacial score (nSPS) is 20.2. The molecule has 0 unspecified atom stereocenters. The zero-order valence-corrected chi connectivity index (χ0v) is 18.3. The molecule has 1 aliphatic carbocycles. The predicted molar refractivity (Wildman–Crippen MR) is 119 cm³/mol. The van der Waals surface area contributed by atoms with Crippen LogP contribution in [-0.2, 0) is 13.0 Å². The first-order chi connectivity index (χ1) is 14.6.